The monoisotopic (exact) mass is 175 g/mol. The van der Waals surface area contributed by atoms with E-state index in [9.17, 15) is 0 Å². The zero-order valence-corrected chi connectivity index (χ0v) is 7.19. The Morgan fingerprint density at radius 3 is 2.92 bits per heavy atom. The van der Waals surface area contributed by atoms with Gasteiger partial charge in [-0.2, -0.15) is 0 Å². The molecule has 0 atom stereocenters. The molecule has 2 rings (SSSR count). The van der Waals surface area contributed by atoms with E-state index >= 15 is 0 Å². The van der Waals surface area contributed by atoms with E-state index < -0.39 is 0 Å². The quantitative estimate of drug-likeness (QED) is 0.662. The zero-order chi connectivity index (χ0) is 9.26. The molecule has 4 heteroatoms. The van der Waals surface area contributed by atoms with Crippen LogP contribution in [0.3, 0.4) is 0 Å². The molecule has 0 aliphatic rings. The summed E-state index contributed by atoms with van der Waals surface area (Å²) in [6, 6.07) is 5.53. The molecule has 0 unspecified atom stereocenters. The molecule has 0 radical (unpaired) electrons. The van der Waals surface area contributed by atoms with Gasteiger partial charge in [-0.05, 0) is 12.1 Å². The number of fused-ring (bicyclic) bond motifs is 1. The highest BCUT2D eigenvalue weighted by atomic mass is 16.5. The summed E-state index contributed by atoms with van der Waals surface area (Å²) in [5.41, 5.74) is 7.10. The number of nitrogens with zero attached hydrogens (tertiary/aromatic N) is 2. The predicted octanol–water partition coefficient (Wildman–Crippen LogP) is 1.22. The minimum Gasteiger partial charge on any atom is -0.480 e. The van der Waals surface area contributed by atoms with Crippen LogP contribution in [0.1, 0.15) is 0 Å². The first kappa shape index (κ1) is 7.79. The largest absolute Gasteiger partial charge is 0.480 e. The summed E-state index contributed by atoms with van der Waals surface area (Å²) in [5, 5.41) is 0.838. The van der Waals surface area contributed by atoms with Crippen molar-refractivity contribution in [2.24, 2.45) is 0 Å². The number of rotatable bonds is 1. The highest BCUT2D eigenvalue weighted by molar-refractivity contribution is 5.92. The molecule has 0 saturated heterocycles. The van der Waals surface area contributed by atoms with Crippen LogP contribution >= 0.6 is 0 Å². The van der Waals surface area contributed by atoms with E-state index in [0.717, 1.165) is 10.9 Å². The first-order chi connectivity index (χ1) is 6.33. The van der Waals surface area contributed by atoms with Crippen molar-refractivity contribution in [2.45, 2.75) is 0 Å². The Morgan fingerprint density at radius 1 is 1.31 bits per heavy atom. The fourth-order valence-corrected chi connectivity index (χ4v) is 1.25. The third kappa shape index (κ3) is 1.16. The third-order valence-electron chi connectivity index (χ3n) is 1.85. The van der Waals surface area contributed by atoms with Gasteiger partial charge in [0.1, 0.15) is 11.8 Å². The normalized spacial score (nSPS) is 10.2. The highest BCUT2D eigenvalue weighted by Gasteiger charge is 2.04. The Hall–Kier alpha value is -1.84. The van der Waals surface area contributed by atoms with Gasteiger partial charge in [0.2, 0.25) is 5.88 Å². The molecule has 1 aromatic carbocycles. The Bertz CT molecular complexity index is 442. The van der Waals surface area contributed by atoms with Crippen LogP contribution in [0.4, 0.5) is 5.69 Å². The minimum atomic E-state index is 0.553. The number of anilines is 1. The number of ether oxygens (including phenoxy) is 1. The molecule has 66 valence electrons. The molecule has 0 fully saturated rings. The fourth-order valence-electron chi connectivity index (χ4n) is 1.25. The maximum Gasteiger partial charge on any atom is 0.224 e. The number of methoxy groups -OCH3 is 1. The zero-order valence-electron chi connectivity index (χ0n) is 7.19. The van der Waals surface area contributed by atoms with E-state index in [0.29, 0.717) is 11.6 Å². The molecule has 0 saturated carbocycles. The van der Waals surface area contributed by atoms with Crippen LogP contribution in [0, 0.1) is 0 Å². The van der Waals surface area contributed by atoms with Crippen molar-refractivity contribution < 1.29 is 4.74 Å². The van der Waals surface area contributed by atoms with E-state index in [4.69, 9.17) is 10.5 Å². The minimum absolute atomic E-state index is 0.553. The highest BCUT2D eigenvalue weighted by Crippen LogP contribution is 2.24. The second-order valence-corrected chi connectivity index (χ2v) is 2.63. The predicted molar refractivity (Wildman–Crippen MR) is 50.5 cm³/mol. The van der Waals surface area contributed by atoms with E-state index in [2.05, 4.69) is 9.97 Å². The molecule has 0 aliphatic heterocycles. The molecule has 0 bridgehead atoms. The number of nitrogens with two attached hydrogens (primary N) is 1. The maximum absolute atomic E-state index is 5.73. The lowest BCUT2D eigenvalue weighted by molar-refractivity contribution is 0.402. The van der Waals surface area contributed by atoms with E-state index in [-0.39, 0.29) is 0 Å². The Labute approximate surface area is 75.4 Å². The average Bonchev–Trinajstić information content (AvgIpc) is 2.18. The molecule has 0 aliphatic carbocycles. The second-order valence-electron chi connectivity index (χ2n) is 2.63. The first-order valence-corrected chi connectivity index (χ1v) is 3.86. The summed E-state index contributed by atoms with van der Waals surface area (Å²) >= 11 is 0. The average molecular weight is 175 g/mol. The van der Waals surface area contributed by atoms with Crippen molar-refractivity contribution in [1.82, 2.24) is 9.97 Å². The van der Waals surface area contributed by atoms with E-state index in [1.165, 1.54) is 6.33 Å². The second kappa shape index (κ2) is 2.90. The Morgan fingerprint density at radius 2 is 2.15 bits per heavy atom. The first-order valence-electron chi connectivity index (χ1n) is 3.86. The fraction of sp³-hybridized carbons (Fsp3) is 0.111. The van der Waals surface area contributed by atoms with E-state index in [1.807, 2.05) is 12.1 Å². The molecule has 2 N–H and O–H groups in total. The SMILES string of the molecule is COc1ncnc2c(N)cccc12. The topological polar surface area (TPSA) is 61.0 Å². The number of nitrogen functional groups attached to an aromatic ring is 1. The summed E-state index contributed by atoms with van der Waals surface area (Å²) in [5.74, 6) is 0.553. The van der Waals surface area contributed by atoms with Crippen molar-refractivity contribution in [2.75, 3.05) is 12.8 Å². The molecule has 1 heterocycles. The van der Waals surface area contributed by atoms with Gasteiger partial charge in [0.25, 0.3) is 0 Å². The van der Waals surface area contributed by atoms with Gasteiger partial charge < -0.3 is 10.5 Å². The summed E-state index contributed by atoms with van der Waals surface area (Å²) in [6.07, 6.45) is 1.44. The molecule has 4 nitrogen and oxygen atoms in total. The Balaban J connectivity index is 2.84. The molecule has 13 heavy (non-hydrogen) atoms. The number of hydrogen-bond acceptors (Lipinski definition) is 4. The summed E-state index contributed by atoms with van der Waals surface area (Å²) in [7, 11) is 1.57. The van der Waals surface area contributed by atoms with Crippen molar-refractivity contribution >= 4 is 16.6 Å². The van der Waals surface area contributed by atoms with Crippen molar-refractivity contribution in [3.8, 4) is 5.88 Å². The van der Waals surface area contributed by atoms with E-state index in [1.54, 1.807) is 13.2 Å². The van der Waals surface area contributed by atoms with Gasteiger partial charge in [-0.15, -0.1) is 0 Å². The smallest absolute Gasteiger partial charge is 0.224 e. The van der Waals surface area contributed by atoms with Crippen LogP contribution in [0.25, 0.3) is 10.9 Å². The standard InChI is InChI=1S/C9H9N3O/c1-13-9-6-3-2-4-7(10)8(6)11-5-12-9/h2-5H,10H2,1H3. The van der Waals surface area contributed by atoms with Crippen molar-refractivity contribution in [1.29, 1.82) is 0 Å². The van der Waals surface area contributed by atoms with Crippen molar-refractivity contribution in [3.63, 3.8) is 0 Å². The van der Waals surface area contributed by atoms with Crippen LogP contribution < -0.4 is 10.5 Å². The lowest BCUT2D eigenvalue weighted by Crippen LogP contribution is -1.94. The van der Waals surface area contributed by atoms with Gasteiger partial charge in [-0.25, -0.2) is 9.97 Å². The number of hydrogen-bond donors (Lipinski definition) is 1. The third-order valence-corrected chi connectivity index (χ3v) is 1.85. The van der Waals surface area contributed by atoms with Crippen molar-refractivity contribution in [3.05, 3.63) is 24.5 Å². The van der Waals surface area contributed by atoms with Gasteiger partial charge in [0, 0.05) is 0 Å². The molecule has 2 aromatic rings. The number of aromatic nitrogens is 2. The van der Waals surface area contributed by atoms with Gasteiger partial charge in [0.05, 0.1) is 18.2 Å². The van der Waals surface area contributed by atoms with Crippen LogP contribution in [0.5, 0.6) is 5.88 Å². The lowest BCUT2D eigenvalue weighted by atomic mass is 10.2. The molecular weight excluding hydrogens is 166 g/mol. The van der Waals surface area contributed by atoms with Crippen LogP contribution in [-0.2, 0) is 0 Å². The van der Waals surface area contributed by atoms with Crippen LogP contribution in [-0.4, -0.2) is 17.1 Å². The molecule has 0 amide bonds. The summed E-state index contributed by atoms with van der Waals surface area (Å²) in [4.78, 5) is 8.05. The summed E-state index contributed by atoms with van der Waals surface area (Å²) < 4.78 is 5.08. The summed E-state index contributed by atoms with van der Waals surface area (Å²) in [6.45, 7) is 0. The van der Waals surface area contributed by atoms with Crippen LogP contribution in [0.15, 0.2) is 24.5 Å². The Kier molecular flexibility index (Phi) is 1.73. The number of para-hydroxylation sites is 1. The lowest BCUT2D eigenvalue weighted by Gasteiger charge is -2.03. The van der Waals surface area contributed by atoms with Gasteiger partial charge >= 0.3 is 0 Å². The van der Waals surface area contributed by atoms with Crippen LogP contribution in [0.2, 0.25) is 0 Å². The number of benzene rings is 1. The molecule has 0 spiro atoms. The van der Waals surface area contributed by atoms with Gasteiger partial charge in [0.15, 0.2) is 0 Å². The molecule has 1 aromatic heterocycles. The molecular formula is C9H9N3O. The maximum atomic E-state index is 5.73. The van der Waals surface area contributed by atoms with Gasteiger partial charge in [-0.1, -0.05) is 6.07 Å². The van der Waals surface area contributed by atoms with Gasteiger partial charge in [-0.3, -0.25) is 0 Å².